The molecule has 0 aromatic heterocycles. The number of hydrogen-bond acceptors (Lipinski definition) is 2. The van der Waals surface area contributed by atoms with Gasteiger partial charge in [0.1, 0.15) is 24.7 Å². The van der Waals surface area contributed by atoms with Gasteiger partial charge in [0.05, 0.1) is 13.2 Å². The van der Waals surface area contributed by atoms with Crippen molar-refractivity contribution in [1.82, 2.24) is 0 Å². The molecule has 1 aromatic carbocycles. The standard InChI is InChI=1S/C17H27NO2/c1-13-5-4-6-17(14(13)2)18-11-12-20-16-9-7-15(19-3)8-10-16/h7-10,13-14,17-18H,4-6,11-12H2,1-3H3/p+1/t13-,14+,17+/m1/s1. The molecule has 1 aromatic rings. The lowest BCUT2D eigenvalue weighted by Crippen LogP contribution is -2.92. The van der Waals surface area contributed by atoms with Crippen LogP contribution in [0.2, 0.25) is 0 Å². The van der Waals surface area contributed by atoms with Crippen LogP contribution < -0.4 is 14.8 Å². The van der Waals surface area contributed by atoms with Crippen molar-refractivity contribution in [3.63, 3.8) is 0 Å². The van der Waals surface area contributed by atoms with E-state index in [-0.39, 0.29) is 0 Å². The van der Waals surface area contributed by atoms with Crippen LogP contribution in [0.25, 0.3) is 0 Å². The Kier molecular flexibility index (Phi) is 5.72. The van der Waals surface area contributed by atoms with E-state index in [1.54, 1.807) is 7.11 Å². The third kappa shape index (κ3) is 4.14. The molecular weight excluding hydrogens is 250 g/mol. The number of benzene rings is 1. The van der Waals surface area contributed by atoms with Gasteiger partial charge in [-0.1, -0.05) is 13.8 Å². The van der Waals surface area contributed by atoms with Crippen molar-refractivity contribution in [2.45, 2.75) is 39.2 Å². The van der Waals surface area contributed by atoms with Crippen LogP contribution in [0.15, 0.2) is 24.3 Å². The first kappa shape index (κ1) is 15.2. The highest BCUT2D eigenvalue weighted by molar-refractivity contribution is 5.31. The van der Waals surface area contributed by atoms with Crippen molar-refractivity contribution in [2.24, 2.45) is 11.8 Å². The Labute approximate surface area is 122 Å². The highest BCUT2D eigenvalue weighted by Crippen LogP contribution is 2.27. The Morgan fingerprint density at radius 3 is 2.50 bits per heavy atom. The summed E-state index contributed by atoms with van der Waals surface area (Å²) in [7, 11) is 1.68. The first-order valence-corrected chi connectivity index (χ1v) is 7.81. The summed E-state index contributed by atoms with van der Waals surface area (Å²) in [6.45, 7) is 6.59. The summed E-state index contributed by atoms with van der Waals surface area (Å²) in [5, 5.41) is 2.48. The van der Waals surface area contributed by atoms with Gasteiger partial charge in [0.15, 0.2) is 0 Å². The molecular formula is C17H28NO2+. The average Bonchev–Trinajstić information content (AvgIpc) is 2.48. The molecule has 112 valence electrons. The number of quaternary nitrogens is 1. The molecule has 3 atom stereocenters. The number of nitrogens with two attached hydrogens (primary N) is 1. The van der Waals surface area contributed by atoms with E-state index in [0.717, 1.165) is 42.5 Å². The summed E-state index contributed by atoms with van der Waals surface area (Å²) < 4.78 is 10.9. The lowest BCUT2D eigenvalue weighted by Gasteiger charge is -2.32. The molecule has 3 heteroatoms. The van der Waals surface area contributed by atoms with E-state index >= 15 is 0 Å². The van der Waals surface area contributed by atoms with Crippen molar-refractivity contribution in [3.05, 3.63) is 24.3 Å². The maximum atomic E-state index is 5.77. The second-order valence-electron chi connectivity index (χ2n) is 5.98. The van der Waals surface area contributed by atoms with Crippen LogP contribution in [0.5, 0.6) is 11.5 Å². The average molecular weight is 278 g/mol. The van der Waals surface area contributed by atoms with E-state index < -0.39 is 0 Å². The molecule has 0 radical (unpaired) electrons. The lowest BCUT2D eigenvalue weighted by atomic mass is 9.78. The fourth-order valence-electron chi connectivity index (χ4n) is 3.09. The molecule has 0 heterocycles. The van der Waals surface area contributed by atoms with Crippen LogP contribution in [-0.2, 0) is 0 Å². The van der Waals surface area contributed by atoms with Gasteiger partial charge in [-0.15, -0.1) is 0 Å². The monoisotopic (exact) mass is 278 g/mol. The van der Waals surface area contributed by atoms with Crippen molar-refractivity contribution >= 4 is 0 Å². The van der Waals surface area contributed by atoms with Gasteiger partial charge in [-0.25, -0.2) is 0 Å². The SMILES string of the molecule is COc1ccc(OCC[NH2+][C@H]2CCC[C@@H](C)[C@@H]2C)cc1. The third-order valence-electron chi connectivity index (χ3n) is 4.69. The summed E-state index contributed by atoms with van der Waals surface area (Å²) in [5.41, 5.74) is 0. The highest BCUT2D eigenvalue weighted by atomic mass is 16.5. The molecule has 0 unspecified atom stereocenters. The zero-order valence-corrected chi connectivity index (χ0v) is 13.0. The van der Waals surface area contributed by atoms with Crippen LogP contribution in [-0.4, -0.2) is 26.3 Å². The van der Waals surface area contributed by atoms with Gasteiger partial charge in [-0.05, 0) is 49.4 Å². The Hall–Kier alpha value is -1.22. The topological polar surface area (TPSA) is 35.1 Å². The summed E-state index contributed by atoms with van der Waals surface area (Å²) in [5.74, 6) is 3.48. The second kappa shape index (κ2) is 7.53. The van der Waals surface area contributed by atoms with Crippen LogP contribution in [0.4, 0.5) is 0 Å². The molecule has 1 fully saturated rings. The van der Waals surface area contributed by atoms with Gasteiger partial charge >= 0.3 is 0 Å². The maximum absolute atomic E-state index is 5.77. The van der Waals surface area contributed by atoms with Crippen molar-refractivity contribution in [3.8, 4) is 11.5 Å². The minimum Gasteiger partial charge on any atom is -0.497 e. The molecule has 0 amide bonds. The van der Waals surface area contributed by atoms with Gasteiger partial charge in [-0.2, -0.15) is 0 Å². The molecule has 0 spiro atoms. The van der Waals surface area contributed by atoms with Crippen LogP contribution >= 0.6 is 0 Å². The van der Waals surface area contributed by atoms with Gasteiger partial charge in [0, 0.05) is 5.92 Å². The predicted octanol–water partition coefficient (Wildman–Crippen LogP) is 2.46. The third-order valence-corrected chi connectivity index (χ3v) is 4.69. The van der Waals surface area contributed by atoms with Crippen molar-refractivity contribution in [2.75, 3.05) is 20.3 Å². The van der Waals surface area contributed by atoms with E-state index in [4.69, 9.17) is 9.47 Å². The zero-order valence-electron chi connectivity index (χ0n) is 13.0. The molecule has 3 nitrogen and oxygen atoms in total. The Balaban J connectivity index is 1.68. The summed E-state index contributed by atoms with van der Waals surface area (Å²) in [4.78, 5) is 0. The molecule has 1 aliphatic carbocycles. The van der Waals surface area contributed by atoms with Crippen LogP contribution in [0.3, 0.4) is 0 Å². The van der Waals surface area contributed by atoms with Gasteiger partial charge in [0.25, 0.3) is 0 Å². The van der Waals surface area contributed by atoms with E-state index in [1.807, 2.05) is 24.3 Å². The van der Waals surface area contributed by atoms with Crippen molar-refractivity contribution in [1.29, 1.82) is 0 Å². The van der Waals surface area contributed by atoms with Gasteiger partial charge in [-0.3, -0.25) is 0 Å². The van der Waals surface area contributed by atoms with Gasteiger partial charge in [0.2, 0.25) is 0 Å². The number of hydrogen-bond donors (Lipinski definition) is 1. The van der Waals surface area contributed by atoms with Gasteiger partial charge < -0.3 is 14.8 Å². The molecule has 2 N–H and O–H groups in total. The first-order chi connectivity index (χ1) is 9.70. The molecule has 1 aliphatic rings. The number of methoxy groups -OCH3 is 1. The van der Waals surface area contributed by atoms with E-state index in [9.17, 15) is 0 Å². The number of rotatable bonds is 6. The maximum Gasteiger partial charge on any atom is 0.137 e. The van der Waals surface area contributed by atoms with E-state index in [1.165, 1.54) is 19.3 Å². The molecule has 1 saturated carbocycles. The largest absolute Gasteiger partial charge is 0.497 e. The molecule has 0 aliphatic heterocycles. The lowest BCUT2D eigenvalue weighted by molar-refractivity contribution is -0.699. The fourth-order valence-corrected chi connectivity index (χ4v) is 3.09. The highest BCUT2D eigenvalue weighted by Gasteiger charge is 2.29. The Bertz CT molecular complexity index is 390. The fraction of sp³-hybridized carbons (Fsp3) is 0.647. The molecule has 0 saturated heterocycles. The Morgan fingerprint density at radius 2 is 1.80 bits per heavy atom. The van der Waals surface area contributed by atoms with Crippen LogP contribution in [0.1, 0.15) is 33.1 Å². The quantitative estimate of drug-likeness (QED) is 0.811. The summed E-state index contributed by atoms with van der Waals surface area (Å²) in [6.07, 6.45) is 4.13. The molecule has 2 rings (SSSR count). The second-order valence-corrected chi connectivity index (χ2v) is 5.98. The van der Waals surface area contributed by atoms with Crippen LogP contribution in [0, 0.1) is 11.8 Å². The summed E-state index contributed by atoms with van der Waals surface area (Å²) >= 11 is 0. The first-order valence-electron chi connectivity index (χ1n) is 7.81. The minimum absolute atomic E-state index is 0.768. The smallest absolute Gasteiger partial charge is 0.137 e. The Morgan fingerprint density at radius 1 is 1.10 bits per heavy atom. The molecule has 0 bridgehead atoms. The summed E-state index contributed by atoms with van der Waals surface area (Å²) in [6, 6.07) is 8.57. The predicted molar refractivity (Wildman–Crippen MR) is 81.2 cm³/mol. The molecule has 20 heavy (non-hydrogen) atoms. The van der Waals surface area contributed by atoms with E-state index in [2.05, 4.69) is 19.2 Å². The zero-order chi connectivity index (χ0) is 14.4. The minimum atomic E-state index is 0.768. The van der Waals surface area contributed by atoms with E-state index in [0.29, 0.717) is 0 Å². The number of ether oxygens (including phenoxy) is 2. The van der Waals surface area contributed by atoms with Crippen molar-refractivity contribution < 1.29 is 14.8 Å². The normalized spacial score (nSPS) is 26.2.